The van der Waals surface area contributed by atoms with Gasteiger partial charge in [0.15, 0.2) is 11.6 Å². The minimum absolute atomic E-state index is 0.191. The molecule has 1 aliphatic heterocycles. The van der Waals surface area contributed by atoms with Gasteiger partial charge in [-0.2, -0.15) is 0 Å². The Morgan fingerprint density at radius 3 is 2.61 bits per heavy atom. The fourth-order valence-corrected chi connectivity index (χ4v) is 3.64. The van der Waals surface area contributed by atoms with Crippen molar-refractivity contribution in [3.63, 3.8) is 0 Å². The molecule has 0 saturated carbocycles. The molecule has 5 nitrogen and oxygen atoms in total. The summed E-state index contributed by atoms with van der Waals surface area (Å²) in [4.78, 5) is 13.2. The summed E-state index contributed by atoms with van der Waals surface area (Å²) < 4.78 is 32.3. The van der Waals surface area contributed by atoms with Crippen molar-refractivity contribution >= 4 is 16.7 Å². The van der Waals surface area contributed by atoms with Gasteiger partial charge in [-0.15, -0.1) is 0 Å². The van der Waals surface area contributed by atoms with Crippen LogP contribution in [0.3, 0.4) is 0 Å². The number of aromatic nitrogens is 2. The van der Waals surface area contributed by atoms with Crippen molar-refractivity contribution in [3.05, 3.63) is 59.9 Å². The zero-order valence-corrected chi connectivity index (χ0v) is 15.7. The van der Waals surface area contributed by atoms with Gasteiger partial charge in [-0.05, 0) is 30.2 Å². The van der Waals surface area contributed by atoms with Gasteiger partial charge in [-0.25, -0.2) is 18.7 Å². The lowest BCUT2D eigenvalue weighted by Crippen LogP contribution is -2.31. The molecule has 2 heterocycles. The highest BCUT2D eigenvalue weighted by Gasteiger charge is 2.19. The number of ether oxygens (including phenoxy) is 1. The Hall–Kier alpha value is -2.80. The minimum atomic E-state index is -0.430. The highest BCUT2D eigenvalue weighted by Crippen LogP contribution is 2.29. The van der Waals surface area contributed by atoms with Crippen molar-refractivity contribution in [2.45, 2.75) is 13.0 Å². The normalized spacial score (nSPS) is 15.6. The van der Waals surface area contributed by atoms with E-state index in [0.717, 1.165) is 55.9 Å². The molecule has 1 saturated heterocycles. The van der Waals surface area contributed by atoms with E-state index in [1.807, 2.05) is 12.1 Å². The predicted molar refractivity (Wildman–Crippen MR) is 105 cm³/mol. The van der Waals surface area contributed by atoms with E-state index < -0.39 is 5.82 Å². The fraction of sp³-hybridized carbons (Fsp3) is 0.333. The molecule has 0 amide bonds. The van der Waals surface area contributed by atoms with E-state index in [9.17, 15) is 8.78 Å². The average Bonchev–Trinajstić information content (AvgIpc) is 2.94. The van der Waals surface area contributed by atoms with Crippen molar-refractivity contribution < 1.29 is 13.5 Å². The van der Waals surface area contributed by atoms with Crippen LogP contribution in [0.5, 0.6) is 5.75 Å². The molecule has 0 atom stereocenters. The zero-order chi connectivity index (χ0) is 19.5. The molecular weight excluding hydrogens is 362 g/mol. The quantitative estimate of drug-likeness (QED) is 0.687. The Labute approximate surface area is 162 Å². The monoisotopic (exact) mass is 384 g/mol. The number of halogens is 2. The summed E-state index contributed by atoms with van der Waals surface area (Å²) in [5, 5.41) is 0.785. The van der Waals surface area contributed by atoms with Crippen LogP contribution >= 0.6 is 0 Å². The van der Waals surface area contributed by atoms with Gasteiger partial charge in [0.1, 0.15) is 18.0 Å². The van der Waals surface area contributed by atoms with Crippen molar-refractivity contribution in [2.75, 3.05) is 38.2 Å². The molecule has 2 aromatic carbocycles. The Bertz CT molecular complexity index is 965. The Kier molecular flexibility index (Phi) is 5.34. The molecule has 146 valence electrons. The van der Waals surface area contributed by atoms with Crippen LogP contribution in [-0.4, -0.2) is 48.2 Å². The van der Waals surface area contributed by atoms with Gasteiger partial charge in [-0.3, -0.25) is 4.90 Å². The third-order valence-corrected chi connectivity index (χ3v) is 5.10. The molecule has 0 unspecified atom stereocenters. The third kappa shape index (κ3) is 3.89. The maximum absolute atomic E-state index is 14.0. The van der Waals surface area contributed by atoms with Crippen LogP contribution in [0.4, 0.5) is 14.6 Å². The number of fused-ring (bicyclic) bond motifs is 1. The van der Waals surface area contributed by atoms with Crippen LogP contribution < -0.4 is 9.64 Å². The van der Waals surface area contributed by atoms with Crippen molar-refractivity contribution in [1.82, 2.24) is 14.9 Å². The van der Waals surface area contributed by atoms with Gasteiger partial charge in [0, 0.05) is 44.2 Å². The topological polar surface area (TPSA) is 41.5 Å². The smallest absolute Gasteiger partial charge is 0.167 e. The van der Waals surface area contributed by atoms with E-state index in [-0.39, 0.29) is 11.6 Å². The second-order valence-corrected chi connectivity index (χ2v) is 6.94. The lowest BCUT2D eigenvalue weighted by atomic mass is 10.2. The fourth-order valence-electron chi connectivity index (χ4n) is 3.64. The van der Waals surface area contributed by atoms with Crippen LogP contribution in [0, 0.1) is 11.6 Å². The molecule has 0 radical (unpaired) electrons. The number of nitrogens with zero attached hydrogens (tertiary/aromatic N) is 4. The van der Waals surface area contributed by atoms with E-state index in [1.54, 1.807) is 6.07 Å². The van der Waals surface area contributed by atoms with Crippen LogP contribution in [-0.2, 0) is 6.54 Å². The number of anilines is 1. The number of hydrogen-bond acceptors (Lipinski definition) is 5. The standard InChI is InChI=1S/C21H22F2N4O/c1-28-20-11-17-19(12-18(20)23)24-14-25-21(17)27-8-2-7-26(9-10-27)13-15-3-5-16(22)6-4-15/h3-6,11-12,14H,2,7-10,13H2,1H3. The second-order valence-electron chi connectivity index (χ2n) is 6.94. The molecule has 1 aliphatic rings. The van der Waals surface area contributed by atoms with Crippen LogP contribution in [0.1, 0.15) is 12.0 Å². The lowest BCUT2D eigenvalue weighted by molar-refractivity contribution is 0.285. The summed E-state index contributed by atoms with van der Waals surface area (Å²) in [6.45, 7) is 4.26. The van der Waals surface area contributed by atoms with Gasteiger partial charge in [0.05, 0.1) is 12.6 Å². The van der Waals surface area contributed by atoms with Gasteiger partial charge in [0.2, 0.25) is 0 Å². The van der Waals surface area contributed by atoms with Gasteiger partial charge >= 0.3 is 0 Å². The summed E-state index contributed by atoms with van der Waals surface area (Å²) >= 11 is 0. The highest BCUT2D eigenvalue weighted by molar-refractivity contribution is 5.90. The van der Waals surface area contributed by atoms with Gasteiger partial charge in [-0.1, -0.05) is 12.1 Å². The molecule has 3 aromatic rings. The number of methoxy groups -OCH3 is 1. The first-order chi connectivity index (χ1) is 13.6. The molecule has 0 N–H and O–H groups in total. The Morgan fingerprint density at radius 1 is 1.00 bits per heavy atom. The van der Waals surface area contributed by atoms with Gasteiger partial charge < -0.3 is 9.64 Å². The molecule has 1 fully saturated rings. The summed E-state index contributed by atoms with van der Waals surface area (Å²) in [6.07, 6.45) is 2.45. The molecule has 4 rings (SSSR count). The molecular formula is C21H22F2N4O. The predicted octanol–water partition coefficient (Wildman–Crippen LogP) is 3.63. The van der Waals surface area contributed by atoms with Gasteiger partial charge in [0.25, 0.3) is 0 Å². The third-order valence-electron chi connectivity index (χ3n) is 5.10. The molecule has 0 aliphatic carbocycles. The first kappa shape index (κ1) is 18.6. The van der Waals surface area contributed by atoms with Crippen molar-refractivity contribution in [2.24, 2.45) is 0 Å². The molecule has 0 bridgehead atoms. The van der Waals surface area contributed by atoms with E-state index in [1.165, 1.54) is 31.6 Å². The average molecular weight is 384 g/mol. The zero-order valence-electron chi connectivity index (χ0n) is 15.7. The Balaban J connectivity index is 1.53. The largest absolute Gasteiger partial charge is 0.494 e. The maximum atomic E-state index is 14.0. The Morgan fingerprint density at radius 2 is 1.82 bits per heavy atom. The summed E-state index contributed by atoms with van der Waals surface area (Å²) in [7, 11) is 1.45. The summed E-state index contributed by atoms with van der Waals surface area (Å²) in [6, 6.07) is 9.71. The van der Waals surface area contributed by atoms with Crippen LogP contribution in [0.15, 0.2) is 42.7 Å². The first-order valence-electron chi connectivity index (χ1n) is 9.34. The van der Waals surface area contributed by atoms with E-state index >= 15 is 0 Å². The SMILES string of the molecule is COc1cc2c(N3CCCN(Cc4ccc(F)cc4)CC3)ncnc2cc1F. The van der Waals surface area contributed by atoms with Crippen molar-refractivity contribution in [1.29, 1.82) is 0 Å². The molecule has 0 spiro atoms. The molecule has 28 heavy (non-hydrogen) atoms. The van der Waals surface area contributed by atoms with Crippen molar-refractivity contribution in [3.8, 4) is 5.75 Å². The highest BCUT2D eigenvalue weighted by atomic mass is 19.1. The number of benzene rings is 2. The van der Waals surface area contributed by atoms with E-state index in [0.29, 0.717) is 5.52 Å². The summed E-state index contributed by atoms with van der Waals surface area (Å²) in [5.74, 6) is 0.345. The van der Waals surface area contributed by atoms with Crippen LogP contribution in [0.2, 0.25) is 0 Å². The minimum Gasteiger partial charge on any atom is -0.494 e. The first-order valence-corrected chi connectivity index (χ1v) is 9.34. The number of hydrogen-bond donors (Lipinski definition) is 0. The molecule has 7 heteroatoms. The summed E-state index contributed by atoms with van der Waals surface area (Å²) in [5.41, 5.74) is 1.67. The molecule has 1 aromatic heterocycles. The van der Waals surface area contributed by atoms with Crippen LogP contribution in [0.25, 0.3) is 10.9 Å². The second kappa shape index (κ2) is 8.06. The number of rotatable bonds is 4. The lowest BCUT2D eigenvalue weighted by Gasteiger charge is -2.24. The van der Waals surface area contributed by atoms with E-state index in [2.05, 4.69) is 19.8 Å². The van der Waals surface area contributed by atoms with E-state index in [4.69, 9.17) is 4.74 Å². The maximum Gasteiger partial charge on any atom is 0.167 e.